The molecule has 7 atom stereocenters. The van der Waals surface area contributed by atoms with Gasteiger partial charge in [-0.3, -0.25) is 9.59 Å². The van der Waals surface area contributed by atoms with Crippen LogP contribution in [-0.4, -0.2) is 11.8 Å². The van der Waals surface area contributed by atoms with Gasteiger partial charge in [0.15, 0.2) is 0 Å². The molecule has 40 heavy (non-hydrogen) atoms. The SMILES string of the molecule is CC1(C)CC[C@]2(C(=O)OCc3ccccc3)CC[C@]3(C)C(=CCC4[C@@]5(C)CCC(=O)C(C)(C)C5CC[C@]43C)[C@@H]2C1.[HH].[HH]. The fraction of sp³-hybridized carbons (Fsp3) is 0.730. The van der Waals surface area contributed by atoms with Crippen LogP contribution in [-0.2, 0) is 20.9 Å². The highest BCUT2D eigenvalue weighted by Crippen LogP contribution is 2.75. The molecule has 1 aromatic rings. The maximum absolute atomic E-state index is 14.1. The van der Waals surface area contributed by atoms with Crippen LogP contribution in [0.2, 0.25) is 0 Å². The topological polar surface area (TPSA) is 43.4 Å². The van der Waals surface area contributed by atoms with E-state index in [4.69, 9.17) is 4.74 Å². The molecule has 2 unspecified atom stereocenters. The molecule has 0 saturated heterocycles. The minimum atomic E-state index is -0.404. The molecule has 0 radical (unpaired) electrons. The third-order valence-electron chi connectivity index (χ3n) is 14.0. The van der Waals surface area contributed by atoms with E-state index in [1.165, 1.54) is 6.42 Å². The molecule has 5 aliphatic carbocycles. The summed E-state index contributed by atoms with van der Waals surface area (Å²) in [5.74, 6) is 1.80. The maximum Gasteiger partial charge on any atom is 0.313 e. The van der Waals surface area contributed by atoms with Crippen molar-refractivity contribution in [2.45, 2.75) is 119 Å². The average Bonchev–Trinajstić information content (AvgIpc) is 2.90. The minimum absolute atomic E-state index is 0. The van der Waals surface area contributed by atoms with Gasteiger partial charge in [-0.05, 0) is 103 Å². The van der Waals surface area contributed by atoms with Gasteiger partial charge < -0.3 is 4.74 Å². The van der Waals surface area contributed by atoms with Crippen molar-refractivity contribution in [1.82, 2.24) is 0 Å². The van der Waals surface area contributed by atoms with Crippen molar-refractivity contribution >= 4 is 11.8 Å². The zero-order valence-electron chi connectivity index (χ0n) is 26.2. The quantitative estimate of drug-likeness (QED) is 0.279. The Kier molecular flexibility index (Phi) is 6.39. The van der Waals surface area contributed by atoms with Crippen LogP contribution < -0.4 is 0 Å². The first kappa shape index (κ1) is 28.2. The Hall–Kier alpha value is -1.90. The second-order valence-electron chi connectivity index (χ2n) is 16.6. The minimum Gasteiger partial charge on any atom is -0.460 e. The molecule has 0 bridgehead atoms. The van der Waals surface area contributed by atoms with Gasteiger partial charge in [-0.2, -0.15) is 0 Å². The van der Waals surface area contributed by atoms with Crippen molar-refractivity contribution in [3.8, 4) is 0 Å². The number of carbonyl (C=O) groups excluding carboxylic acids is 2. The maximum atomic E-state index is 14.1. The van der Waals surface area contributed by atoms with Gasteiger partial charge in [0.2, 0.25) is 0 Å². The number of rotatable bonds is 3. The largest absolute Gasteiger partial charge is 0.460 e. The Morgan fingerprint density at radius 1 is 0.900 bits per heavy atom. The molecule has 5 aliphatic rings. The van der Waals surface area contributed by atoms with Gasteiger partial charge in [0.05, 0.1) is 5.41 Å². The molecule has 0 amide bonds. The van der Waals surface area contributed by atoms with E-state index in [0.29, 0.717) is 24.2 Å². The fourth-order valence-corrected chi connectivity index (χ4v) is 11.3. The Balaban J connectivity index is 0.00000202. The predicted molar refractivity (Wildman–Crippen MR) is 165 cm³/mol. The van der Waals surface area contributed by atoms with Gasteiger partial charge in [-0.15, -0.1) is 0 Å². The van der Waals surface area contributed by atoms with E-state index in [1.807, 2.05) is 30.3 Å². The number of fused-ring (bicyclic) bond motifs is 7. The second kappa shape index (κ2) is 9.05. The second-order valence-corrected chi connectivity index (χ2v) is 16.6. The standard InChI is InChI=1S/C37H52O3.2H2/c1-32(2)19-21-37(31(39)40-24-25-11-9-8-10-12-25)22-20-35(6)26(27(37)23-32)13-14-29-34(5)17-16-30(38)33(3,4)28(34)15-18-36(29,35)7;;/h8-13,27-29H,14-24H2,1-7H3;2*1H/t27-,28?,29?,34-,35+,36+,37-;;/m0../s1. The first-order valence-corrected chi connectivity index (χ1v) is 16.1. The third-order valence-corrected chi connectivity index (χ3v) is 14.0. The lowest BCUT2D eigenvalue weighted by molar-refractivity contribution is -0.191. The first-order chi connectivity index (χ1) is 18.7. The van der Waals surface area contributed by atoms with Crippen molar-refractivity contribution in [2.75, 3.05) is 0 Å². The molecule has 222 valence electrons. The lowest BCUT2D eigenvalue weighted by Crippen LogP contribution is -2.64. The number of allylic oxidation sites excluding steroid dienone is 2. The van der Waals surface area contributed by atoms with Crippen LogP contribution in [0.4, 0.5) is 0 Å². The van der Waals surface area contributed by atoms with E-state index in [9.17, 15) is 9.59 Å². The summed E-state index contributed by atoms with van der Waals surface area (Å²) in [6.45, 7) is 17.3. The van der Waals surface area contributed by atoms with Crippen LogP contribution >= 0.6 is 0 Å². The molecule has 1 aromatic carbocycles. The van der Waals surface area contributed by atoms with Crippen LogP contribution in [0.15, 0.2) is 42.0 Å². The smallest absolute Gasteiger partial charge is 0.313 e. The van der Waals surface area contributed by atoms with Crippen molar-refractivity contribution in [2.24, 2.45) is 50.2 Å². The molecule has 4 saturated carbocycles. The summed E-state index contributed by atoms with van der Waals surface area (Å²) in [7, 11) is 0. The summed E-state index contributed by atoms with van der Waals surface area (Å²) >= 11 is 0. The van der Waals surface area contributed by atoms with Crippen LogP contribution in [0, 0.1) is 50.2 Å². The van der Waals surface area contributed by atoms with Gasteiger partial charge >= 0.3 is 5.97 Å². The van der Waals surface area contributed by atoms with Crippen LogP contribution in [0.1, 0.15) is 121 Å². The summed E-state index contributed by atoms with van der Waals surface area (Å²) in [6.07, 6.45) is 12.9. The fourth-order valence-electron chi connectivity index (χ4n) is 11.3. The Morgan fingerprint density at radius 3 is 2.33 bits per heavy atom. The predicted octanol–water partition coefficient (Wildman–Crippen LogP) is 9.59. The average molecular weight is 549 g/mol. The summed E-state index contributed by atoms with van der Waals surface area (Å²) in [4.78, 5) is 27.2. The Morgan fingerprint density at radius 2 is 1.60 bits per heavy atom. The molecule has 6 rings (SSSR count). The molecule has 0 heterocycles. The van der Waals surface area contributed by atoms with Crippen LogP contribution in [0.3, 0.4) is 0 Å². The summed E-state index contributed by atoms with van der Waals surface area (Å²) in [6, 6.07) is 10.1. The number of ether oxygens (including phenoxy) is 1. The number of hydrogen-bond donors (Lipinski definition) is 0. The van der Waals surface area contributed by atoms with E-state index in [1.54, 1.807) is 5.57 Å². The van der Waals surface area contributed by atoms with Crippen molar-refractivity contribution in [3.05, 3.63) is 47.5 Å². The summed E-state index contributed by atoms with van der Waals surface area (Å²) < 4.78 is 6.16. The number of benzene rings is 1. The molecular weight excluding hydrogens is 492 g/mol. The lowest BCUT2D eigenvalue weighted by atomic mass is 9.33. The van der Waals surface area contributed by atoms with Gasteiger partial charge in [-0.1, -0.05) is 90.4 Å². The molecule has 0 spiro atoms. The molecule has 4 fully saturated rings. The summed E-state index contributed by atoms with van der Waals surface area (Å²) in [5.41, 5.74) is 2.68. The zero-order chi connectivity index (χ0) is 28.8. The normalized spacial score (nSPS) is 43.3. The number of Topliss-reactive ketones (excluding diaryl/α,β-unsaturated/α-hetero) is 1. The van der Waals surface area contributed by atoms with Crippen molar-refractivity contribution in [3.63, 3.8) is 0 Å². The number of ketones is 1. The Bertz CT molecular complexity index is 1240. The van der Waals surface area contributed by atoms with Gasteiger partial charge in [0.25, 0.3) is 0 Å². The molecular formula is C37H56O3. The van der Waals surface area contributed by atoms with E-state index >= 15 is 0 Å². The number of hydrogen-bond acceptors (Lipinski definition) is 3. The monoisotopic (exact) mass is 548 g/mol. The highest BCUT2D eigenvalue weighted by Gasteiger charge is 2.69. The number of esters is 1. The van der Waals surface area contributed by atoms with Crippen molar-refractivity contribution < 1.29 is 17.2 Å². The van der Waals surface area contributed by atoms with Crippen molar-refractivity contribution in [1.29, 1.82) is 0 Å². The van der Waals surface area contributed by atoms with Crippen LogP contribution in [0.5, 0.6) is 0 Å². The van der Waals surface area contributed by atoms with E-state index in [-0.39, 0.29) is 41.8 Å². The molecule has 3 nitrogen and oxygen atoms in total. The molecule has 3 heteroatoms. The lowest BCUT2D eigenvalue weighted by Gasteiger charge is -2.70. The van der Waals surface area contributed by atoms with Gasteiger partial charge in [0, 0.05) is 14.7 Å². The first-order valence-electron chi connectivity index (χ1n) is 16.1. The molecule has 0 aliphatic heterocycles. The molecule has 0 aromatic heterocycles. The Labute approximate surface area is 245 Å². The van der Waals surface area contributed by atoms with Gasteiger partial charge in [0.1, 0.15) is 12.4 Å². The van der Waals surface area contributed by atoms with Gasteiger partial charge in [-0.25, -0.2) is 0 Å². The highest BCUT2D eigenvalue weighted by molar-refractivity contribution is 5.85. The third kappa shape index (κ3) is 3.81. The van der Waals surface area contributed by atoms with E-state index < -0.39 is 5.41 Å². The number of carbonyl (C=O) groups is 2. The summed E-state index contributed by atoms with van der Waals surface area (Å²) in [5, 5.41) is 0. The highest BCUT2D eigenvalue weighted by atomic mass is 16.5. The van der Waals surface area contributed by atoms with Crippen LogP contribution in [0.25, 0.3) is 0 Å². The van der Waals surface area contributed by atoms with E-state index in [2.05, 4.69) is 54.5 Å². The molecule has 0 N–H and O–H groups in total. The van der Waals surface area contributed by atoms with E-state index in [0.717, 1.165) is 63.4 Å². The zero-order valence-corrected chi connectivity index (χ0v) is 26.2.